The van der Waals surface area contributed by atoms with Crippen molar-refractivity contribution in [2.45, 2.75) is 206 Å². The van der Waals surface area contributed by atoms with Gasteiger partial charge in [-0.05, 0) is 171 Å². The van der Waals surface area contributed by atoms with Crippen molar-refractivity contribution < 1.29 is 85.4 Å². The van der Waals surface area contributed by atoms with Gasteiger partial charge in [0.05, 0.1) is 228 Å². The molecule has 0 spiro atoms. The van der Waals surface area contributed by atoms with E-state index >= 15 is 0 Å². The maximum atomic E-state index is 14.5. The minimum absolute atomic E-state index is 0.0132. The Bertz CT molecular complexity index is 6740. The van der Waals surface area contributed by atoms with Crippen LogP contribution >= 0.6 is 46.4 Å². The highest BCUT2D eigenvalue weighted by molar-refractivity contribution is 6.36. The van der Waals surface area contributed by atoms with Gasteiger partial charge in [0.25, 0.3) is 0 Å². The summed E-state index contributed by atoms with van der Waals surface area (Å²) in [7, 11) is 1.51. The molecular formula is C105H129Cl4FN20O17. The first kappa shape index (κ1) is 107. The quantitative estimate of drug-likeness (QED) is 0.0420. The molecule has 42 heteroatoms. The highest BCUT2D eigenvalue weighted by Gasteiger charge is 2.46. The van der Waals surface area contributed by atoms with Crippen molar-refractivity contribution in [2.75, 3.05) is 160 Å². The van der Waals surface area contributed by atoms with Crippen LogP contribution in [-0.2, 0) is 76.3 Å². The number of halogens is 5. The molecule has 4 aromatic carbocycles. The Morgan fingerprint density at radius 1 is 0.367 bits per heavy atom. The maximum Gasteiger partial charge on any atom is 0.244 e. The van der Waals surface area contributed by atoms with Gasteiger partial charge in [-0.1, -0.05) is 46.4 Å². The molecule has 8 saturated heterocycles. The molecule has 20 rings (SSSR count). The number of hydrogen-bond acceptors (Lipinski definition) is 25. The van der Waals surface area contributed by atoms with Crippen molar-refractivity contribution in [3.05, 3.63) is 136 Å². The van der Waals surface area contributed by atoms with Crippen molar-refractivity contribution in [1.29, 1.82) is 0 Å². The summed E-state index contributed by atoms with van der Waals surface area (Å²) < 4.78 is 67.2. The summed E-state index contributed by atoms with van der Waals surface area (Å²) in [5, 5.41) is 20.2. The topological polar surface area (TPSA) is 408 Å². The number of ether oxygens (including phenoxy) is 9. The second-order valence-electron chi connectivity index (χ2n) is 42.3. The lowest BCUT2D eigenvalue weighted by molar-refractivity contribution is -0.157. The second kappa shape index (κ2) is 44.2. The molecule has 12 atom stereocenters. The van der Waals surface area contributed by atoms with Crippen LogP contribution in [-0.4, -0.2) is 360 Å². The normalized spacial score (nSPS) is 24.5. The van der Waals surface area contributed by atoms with Crippen LogP contribution in [0.5, 0.6) is 5.75 Å². The van der Waals surface area contributed by atoms with Gasteiger partial charge in [0.1, 0.15) is 29.9 Å². The number of amides is 8. The van der Waals surface area contributed by atoms with Crippen LogP contribution in [0, 0.1) is 5.82 Å². The summed E-state index contributed by atoms with van der Waals surface area (Å²) >= 11 is 25.8. The smallest absolute Gasteiger partial charge is 0.244 e. The molecule has 8 fully saturated rings. The molecule has 0 radical (unpaired) electrons. The maximum absolute atomic E-state index is 14.5. The van der Waals surface area contributed by atoms with Crippen LogP contribution in [0.4, 0.5) is 27.1 Å². The van der Waals surface area contributed by atoms with E-state index in [2.05, 4.69) is 61.1 Å². The number of benzene rings is 4. The van der Waals surface area contributed by atoms with E-state index in [4.69, 9.17) is 89.0 Å². The van der Waals surface area contributed by atoms with Gasteiger partial charge in [-0.3, -0.25) is 77.9 Å². The van der Waals surface area contributed by atoms with E-state index in [1.807, 2.05) is 181 Å². The number of rotatable bonds is 17. The monoisotopic (exact) mass is 2100 g/mol. The summed E-state index contributed by atoms with van der Waals surface area (Å²) in [6.45, 7) is 38.4. The number of carbonyl (C=O) groups excluding carboxylic acids is 8. The fraction of sp³-hybridized carbons (Fsp3) is 0.505. The van der Waals surface area contributed by atoms with Gasteiger partial charge in [-0.25, -0.2) is 4.39 Å². The van der Waals surface area contributed by atoms with Crippen LogP contribution in [0.3, 0.4) is 0 Å². The van der Waals surface area contributed by atoms with Crippen LogP contribution < -0.4 is 26.0 Å². The second-order valence-corrected chi connectivity index (χ2v) is 44.0. The molecule has 0 aliphatic carbocycles. The highest BCUT2D eigenvalue weighted by atomic mass is 35.5. The lowest BCUT2D eigenvalue weighted by Crippen LogP contribution is -2.61. The third-order valence-electron chi connectivity index (χ3n) is 27.6. The van der Waals surface area contributed by atoms with Gasteiger partial charge >= 0.3 is 0 Å². The standard InChI is InChI=1S/C27H34ClN5O5.C26H31ClFN5O4.2C26H32ClN5O4/c1-15-10-32(11-16(2)38-15)22(34)12-33-14-27(3,4)37-13-21(33)26(35)31-24-23-18(8-19(28)25(24)36-5)17-6-7-29-9-20(17)30-23;1-14-9-32(10-15(2)37-14)22(34)11-33-13-26(3,4)36-12-21(33)25(35)31-19-6-16(27)5-17-23-18(28)7-29-8-20(23)30-24(17)19;2*1-15-10-31(11-16(2)36-15)23(33)12-32-14-26(3,4)35-13-22(32)25(34)30-20-8-17(27)7-19-18-5-6-28-9-21(18)29-24(19)20/h6-9,15-16,21,30H,10-14H2,1-5H3,(H,31,35);5-8,14-15,21,30H,9-13H2,1-4H3,(H,31,35);2*5-9,15-16,22,29H,10-14H2,1-4H3,(H,30,34)/t15-,16+,21?;14-,15+,21?;15-,16+,22?;15-,16-,22+/m...1/s1. The molecule has 3 unspecified atom stereocenters. The summed E-state index contributed by atoms with van der Waals surface area (Å²) in [5.74, 6) is -1.39. The number of pyridine rings is 4. The minimum atomic E-state index is -0.704. The number of fused-ring (bicyclic) bond motifs is 12. The van der Waals surface area contributed by atoms with Crippen molar-refractivity contribution >= 4 is 204 Å². The van der Waals surface area contributed by atoms with Gasteiger partial charge in [-0.2, -0.15) is 0 Å². The third-order valence-corrected chi connectivity index (χ3v) is 28.5. The minimum Gasteiger partial charge on any atom is -0.493 e. The molecule has 8 N–H and O–H groups in total. The number of aromatic amines is 4. The van der Waals surface area contributed by atoms with E-state index in [-0.39, 0.29) is 149 Å². The zero-order chi connectivity index (χ0) is 105. The molecule has 12 aromatic rings. The van der Waals surface area contributed by atoms with Gasteiger partial charge in [0, 0.05) is 155 Å². The lowest BCUT2D eigenvalue weighted by atomic mass is 10.0. The van der Waals surface area contributed by atoms with E-state index in [9.17, 15) is 42.7 Å². The molecule has 0 saturated carbocycles. The lowest BCUT2D eigenvalue weighted by Gasteiger charge is -2.43. The summed E-state index contributed by atoms with van der Waals surface area (Å²) in [5.41, 5.74) is 5.79. The first-order chi connectivity index (χ1) is 69.7. The van der Waals surface area contributed by atoms with Crippen LogP contribution in [0.2, 0.25) is 20.1 Å². The van der Waals surface area contributed by atoms with Gasteiger partial charge in [-0.15, -0.1) is 0 Å². The predicted octanol–water partition coefficient (Wildman–Crippen LogP) is 13.8. The van der Waals surface area contributed by atoms with E-state index in [0.29, 0.717) is 154 Å². The fourth-order valence-corrected chi connectivity index (χ4v) is 22.2. The Hall–Kier alpha value is -11.2. The summed E-state index contributed by atoms with van der Waals surface area (Å²) in [6.07, 6.45) is 12.8. The van der Waals surface area contributed by atoms with E-state index in [1.165, 1.54) is 13.3 Å². The molecule has 8 amide bonds. The van der Waals surface area contributed by atoms with Crippen molar-refractivity contribution in [2.24, 2.45) is 0 Å². The Morgan fingerprint density at radius 2 is 0.639 bits per heavy atom. The number of H-pyrrole nitrogens is 4. The van der Waals surface area contributed by atoms with Crippen molar-refractivity contribution in [3.63, 3.8) is 0 Å². The van der Waals surface area contributed by atoms with E-state index < -0.39 is 52.4 Å². The SMILES string of the molecule is COc1c(Cl)cc2c([nH]c3cnccc32)c1NC(=O)C1COC(C)(C)CN1CC(=O)N1C[C@@H](C)O[C@@H](C)C1.C[C@@H]1CN(C(=O)CN2CC(C)(C)OCC2C(=O)Nc2cc(Cl)cc3c2[nH]c2cncc(F)c23)C[C@H](C)O1.C[C@@H]1CN(C(=O)CN2CC(C)(C)OCC2C(=O)Nc2cc(Cl)cc3c2[nH]c2cnccc23)C[C@H](C)O1.C[C@@H]1CN(C(=O)CN2CC(C)(C)OC[C@H]2C(=O)Nc2cc(Cl)cc3c2[nH]c2cnccc23)C[C@@H](C)O1. The van der Waals surface area contributed by atoms with Crippen LogP contribution in [0.1, 0.15) is 111 Å². The first-order valence-electron chi connectivity index (χ1n) is 49.7. The molecule has 16 heterocycles. The summed E-state index contributed by atoms with van der Waals surface area (Å²) in [6, 6.07) is 15.3. The van der Waals surface area contributed by atoms with Gasteiger partial charge < -0.3 is 103 Å². The number of methoxy groups -OCH3 is 1. The van der Waals surface area contributed by atoms with Crippen molar-refractivity contribution in [3.8, 4) is 5.75 Å². The fourth-order valence-electron chi connectivity index (χ4n) is 21.3. The molecule has 8 aliphatic heterocycles. The highest BCUT2D eigenvalue weighted by Crippen LogP contribution is 2.45. The largest absolute Gasteiger partial charge is 0.493 e. The van der Waals surface area contributed by atoms with Gasteiger partial charge in [0.2, 0.25) is 47.3 Å². The number of nitrogens with zero attached hydrogens (tertiary/aromatic N) is 12. The molecule has 147 heavy (non-hydrogen) atoms. The number of hydrogen-bond donors (Lipinski definition) is 8. The van der Waals surface area contributed by atoms with E-state index in [0.717, 1.165) is 66.1 Å². The predicted molar refractivity (Wildman–Crippen MR) is 563 cm³/mol. The number of aromatic nitrogens is 8. The number of nitrogens with one attached hydrogen (secondary N) is 8. The van der Waals surface area contributed by atoms with Crippen LogP contribution in [0.25, 0.3) is 87.2 Å². The number of morpholine rings is 8. The Morgan fingerprint density at radius 3 is 0.952 bits per heavy atom. The molecule has 8 aromatic heterocycles. The molecule has 786 valence electrons. The van der Waals surface area contributed by atoms with Crippen molar-refractivity contribution in [1.82, 2.24) is 79.1 Å². The zero-order valence-corrected chi connectivity index (χ0v) is 88.7. The Kier molecular flexibility index (Phi) is 32.2. The average Bonchev–Trinajstić information content (AvgIpc) is 1.61. The van der Waals surface area contributed by atoms with Gasteiger partial charge in [0.15, 0.2) is 11.6 Å². The Labute approximate surface area is 870 Å². The molecule has 0 bridgehead atoms. The van der Waals surface area contributed by atoms with E-state index in [1.54, 1.807) is 66.3 Å². The number of carbonyl (C=O) groups is 8. The molecule has 37 nitrogen and oxygen atoms in total. The van der Waals surface area contributed by atoms with Crippen LogP contribution in [0.15, 0.2) is 110 Å². The molecule has 8 aliphatic rings. The zero-order valence-electron chi connectivity index (χ0n) is 85.7. The average molecular weight is 2100 g/mol. The summed E-state index contributed by atoms with van der Waals surface area (Å²) in [4.78, 5) is 152. The first-order valence-corrected chi connectivity index (χ1v) is 51.2. The number of anilines is 4. The molecular weight excluding hydrogens is 1970 g/mol. The third kappa shape index (κ3) is 24.8. The Balaban J connectivity index is 0.000000134.